The molecule has 0 heterocycles. The zero-order valence-corrected chi connectivity index (χ0v) is 6.83. The standard InChI is InChI=1S/C8H10O4/c1-4-6(3)8(10)12-11-7(9)5-2/h5H,2-4H2,1H3. The lowest BCUT2D eigenvalue weighted by Gasteiger charge is -2.00. The van der Waals surface area contributed by atoms with Crippen LogP contribution in [0.2, 0.25) is 0 Å². The Balaban J connectivity index is 3.79. The first-order valence-corrected chi connectivity index (χ1v) is 3.34. The van der Waals surface area contributed by atoms with E-state index in [9.17, 15) is 9.59 Å². The Labute approximate surface area is 70.4 Å². The van der Waals surface area contributed by atoms with Crippen molar-refractivity contribution in [2.75, 3.05) is 0 Å². The third kappa shape index (κ3) is 3.55. The molecule has 0 aromatic carbocycles. The van der Waals surface area contributed by atoms with Gasteiger partial charge in [0.2, 0.25) is 0 Å². The minimum Gasteiger partial charge on any atom is -0.242 e. The van der Waals surface area contributed by atoms with Gasteiger partial charge in [-0.3, -0.25) is 0 Å². The van der Waals surface area contributed by atoms with Crippen molar-refractivity contribution < 1.29 is 19.4 Å². The first-order valence-electron chi connectivity index (χ1n) is 3.34. The predicted molar refractivity (Wildman–Crippen MR) is 41.8 cm³/mol. The Morgan fingerprint density at radius 1 is 1.42 bits per heavy atom. The fraction of sp³-hybridized carbons (Fsp3) is 0.250. The molecule has 0 fully saturated rings. The maximum absolute atomic E-state index is 10.8. The van der Waals surface area contributed by atoms with Gasteiger partial charge in [0.05, 0.1) is 0 Å². The van der Waals surface area contributed by atoms with Crippen LogP contribution < -0.4 is 0 Å². The average molecular weight is 170 g/mol. The van der Waals surface area contributed by atoms with Crippen LogP contribution in [0.4, 0.5) is 0 Å². The molecule has 4 nitrogen and oxygen atoms in total. The molecule has 0 saturated heterocycles. The smallest absolute Gasteiger partial charge is 0.242 e. The number of rotatable bonds is 3. The molecule has 4 heteroatoms. The van der Waals surface area contributed by atoms with Gasteiger partial charge in [0.25, 0.3) is 0 Å². The molecule has 0 N–H and O–H groups in total. The third-order valence-electron chi connectivity index (χ3n) is 1.08. The van der Waals surface area contributed by atoms with Crippen molar-refractivity contribution in [2.24, 2.45) is 0 Å². The molecule has 0 aliphatic carbocycles. The van der Waals surface area contributed by atoms with Crippen molar-refractivity contribution in [3.05, 3.63) is 24.8 Å². The van der Waals surface area contributed by atoms with Gasteiger partial charge >= 0.3 is 11.9 Å². The number of carbonyl (C=O) groups is 2. The van der Waals surface area contributed by atoms with Crippen LogP contribution in [0.15, 0.2) is 24.8 Å². The Bertz CT molecular complexity index is 217. The van der Waals surface area contributed by atoms with Crippen molar-refractivity contribution in [3.63, 3.8) is 0 Å². The van der Waals surface area contributed by atoms with Gasteiger partial charge < -0.3 is 0 Å². The molecule has 0 bridgehead atoms. The normalized spacial score (nSPS) is 8.42. The summed E-state index contributed by atoms with van der Waals surface area (Å²) < 4.78 is 0. The molecule has 66 valence electrons. The van der Waals surface area contributed by atoms with Gasteiger partial charge in [-0.05, 0) is 6.42 Å². The van der Waals surface area contributed by atoms with E-state index in [-0.39, 0.29) is 5.57 Å². The summed E-state index contributed by atoms with van der Waals surface area (Å²) in [5, 5.41) is 0. The topological polar surface area (TPSA) is 52.6 Å². The van der Waals surface area contributed by atoms with Gasteiger partial charge in [0, 0.05) is 11.6 Å². The van der Waals surface area contributed by atoms with Gasteiger partial charge in [0.1, 0.15) is 0 Å². The Morgan fingerprint density at radius 2 is 2.00 bits per heavy atom. The number of hydrogen-bond acceptors (Lipinski definition) is 4. The van der Waals surface area contributed by atoms with E-state index < -0.39 is 11.9 Å². The summed E-state index contributed by atoms with van der Waals surface area (Å²) in [6, 6.07) is 0. The van der Waals surface area contributed by atoms with Crippen LogP contribution in [0.5, 0.6) is 0 Å². The summed E-state index contributed by atoms with van der Waals surface area (Å²) in [5.41, 5.74) is 0.242. The molecule has 0 aromatic rings. The van der Waals surface area contributed by atoms with E-state index >= 15 is 0 Å². The van der Waals surface area contributed by atoms with Gasteiger partial charge in [-0.15, -0.1) is 0 Å². The monoisotopic (exact) mass is 170 g/mol. The van der Waals surface area contributed by atoms with E-state index in [1.54, 1.807) is 6.92 Å². The first kappa shape index (κ1) is 10.4. The summed E-state index contributed by atoms with van der Waals surface area (Å²) in [7, 11) is 0. The molecule has 0 radical (unpaired) electrons. The number of carbonyl (C=O) groups excluding carboxylic acids is 2. The molecule has 0 amide bonds. The average Bonchev–Trinajstić information content (AvgIpc) is 2.11. The second kappa shape index (κ2) is 5.12. The molecule has 0 aromatic heterocycles. The number of hydrogen-bond donors (Lipinski definition) is 0. The van der Waals surface area contributed by atoms with Gasteiger partial charge in [-0.2, -0.15) is 0 Å². The maximum atomic E-state index is 10.8. The van der Waals surface area contributed by atoms with Gasteiger partial charge in [-0.25, -0.2) is 19.4 Å². The van der Waals surface area contributed by atoms with Gasteiger partial charge in [0.15, 0.2) is 0 Å². The zero-order chi connectivity index (χ0) is 9.56. The molecule has 0 rings (SSSR count). The highest BCUT2D eigenvalue weighted by Crippen LogP contribution is 1.99. The van der Waals surface area contributed by atoms with E-state index in [4.69, 9.17) is 0 Å². The fourth-order valence-corrected chi connectivity index (χ4v) is 0.316. The lowest BCUT2D eigenvalue weighted by atomic mass is 10.2. The molecule has 0 saturated carbocycles. The van der Waals surface area contributed by atoms with Crippen LogP contribution in [-0.4, -0.2) is 11.9 Å². The fourth-order valence-electron chi connectivity index (χ4n) is 0.316. The highest BCUT2D eigenvalue weighted by atomic mass is 17.2. The molecular weight excluding hydrogens is 160 g/mol. The van der Waals surface area contributed by atoms with E-state index in [1.807, 2.05) is 0 Å². The van der Waals surface area contributed by atoms with Crippen LogP contribution in [0, 0.1) is 0 Å². The Hall–Kier alpha value is -1.58. The SMILES string of the molecule is C=CC(=O)OOC(=O)C(=C)CC. The van der Waals surface area contributed by atoms with Crippen LogP contribution in [0.3, 0.4) is 0 Å². The van der Waals surface area contributed by atoms with Crippen molar-refractivity contribution in [3.8, 4) is 0 Å². The molecule has 0 aliphatic rings. The maximum Gasteiger partial charge on any atom is 0.381 e. The summed E-state index contributed by atoms with van der Waals surface area (Å²) in [5.74, 6) is -1.56. The highest BCUT2D eigenvalue weighted by Gasteiger charge is 2.09. The molecule has 0 atom stereocenters. The largest absolute Gasteiger partial charge is 0.381 e. The summed E-state index contributed by atoms with van der Waals surface area (Å²) >= 11 is 0. The van der Waals surface area contributed by atoms with Crippen LogP contribution in [-0.2, 0) is 19.4 Å². The highest BCUT2D eigenvalue weighted by molar-refractivity contribution is 5.88. The van der Waals surface area contributed by atoms with Gasteiger partial charge in [-0.1, -0.05) is 20.1 Å². The van der Waals surface area contributed by atoms with E-state index in [1.165, 1.54) is 0 Å². The Morgan fingerprint density at radius 3 is 2.42 bits per heavy atom. The summed E-state index contributed by atoms with van der Waals surface area (Å²) in [6.45, 7) is 8.24. The first-order chi connectivity index (χ1) is 5.61. The second-order valence-corrected chi connectivity index (χ2v) is 1.93. The summed E-state index contributed by atoms with van der Waals surface area (Å²) in [6.07, 6.45) is 1.34. The van der Waals surface area contributed by atoms with E-state index in [2.05, 4.69) is 22.9 Å². The van der Waals surface area contributed by atoms with Crippen molar-refractivity contribution >= 4 is 11.9 Å². The quantitative estimate of drug-likeness (QED) is 0.362. The lowest BCUT2D eigenvalue weighted by Crippen LogP contribution is -2.10. The van der Waals surface area contributed by atoms with Crippen LogP contribution in [0.1, 0.15) is 13.3 Å². The van der Waals surface area contributed by atoms with Crippen molar-refractivity contribution in [1.82, 2.24) is 0 Å². The minimum absolute atomic E-state index is 0.242. The third-order valence-corrected chi connectivity index (χ3v) is 1.08. The molecule has 0 aliphatic heterocycles. The Kier molecular flexibility index (Phi) is 4.45. The van der Waals surface area contributed by atoms with E-state index in [0.717, 1.165) is 6.08 Å². The van der Waals surface area contributed by atoms with Crippen molar-refractivity contribution in [2.45, 2.75) is 13.3 Å². The van der Waals surface area contributed by atoms with Crippen molar-refractivity contribution in [1.29, 1.82) is 0 Å². The predicted octanol–water partition coefficient (Wildman–Crippen LogP) is 1.14. The zero-order valence-electron chi connectivity index (χ0n) is 6.83. The minimum atomic E-state index is -0.813. The summed E-state index contributed by atoms with van der Waals surface area (Å²) in [4.78, 5) is 29.2. The molecule has 0 spiro atoms. The van der Waals surface area contributed by atoms with Crippen LogP contribution >= 0.6 is 0 Å². The molecule has 0 unspecified atom stereocenters. The molecular formula is C8H10O4. The lowest BCUT2D eigenvalue weighted by molar-refractivity contribution is -0.251. The second-order valence-electron chi connectivity index (χ2n) is 1.93. The van der Waals surface area contributed by atoms with E-state index in [0.29, 0.717) is 6.42 Å². The molecule has 12 heavy (non-hydrogen) atoms. The van der Waals surface area contributed by atoms with Crippen LogP contribution in [0.25, 0.3) is 0 Å².